The summed E-state index contributed by atoms with van der Waals surface area (Å²) in [4.78, 5) is 14.2. The summed E-state index contributed by atoms with van der Waals surface area (Å²) in [6.07, 6.45) is 3.62. The normalized spacial score (nSPS) is 20.5. The van der Waals surface area contributed by atoms with E-state index >= 15 is 0 Å². The second-order valence-corrected chi connectivity index (χ2v) is 5.92. The van der Waals surface area contributed by atoms with Crippen LogP contribution in [0.2, 0.25) is 0 Å². The molecule has 22 heavy (non-hydrogen) atoms. The summed E-state index contributed by atoms with van der Waals surface area (Å²) in [5.41, 5.74) is 0.106. The molecule has 1 aliphatic heterocycles. The molecule has 0 aliphatic carbocycles. The van der Waals surface area contributed by atoms with Crippen LogP contribution in [0, 0.1) is 11.6 Å². The Morgan fingerprint density at radius 3 is 2.64 bits per heavy atom. The highest BCUT2D eigenvalue weighted by atomic mass is 19.1. The van der Waals surface area contributed by atoms with Gasteiger partial charge in [0.25, 0.3) is 0 Å². The number of piperidine rings is 1. The zero-order chi connectivity index (χ0) is 16.1. The number of anilines is 1. The van der Waals surface area contributed by atoms with Gasteiger partial charge in [0.2, 0.25) is 0 Å². The lowest BCUT2D eigenvalue weighted by atomic mass is 10.0. The molecule has 2 rings (SSSR count). The summed E-state index contributed by atoms with van der Waals surface area (Å²) in [7, 11) is 0. The Kier molecular flexibility index (Phi) is 5.71. The molecule has 1 aromatic rings. The summed E-state index contributed by atoms with van der Waals surface area (Å²) in [6.45, 7) is 5.81. The molecule has 122 valence electrons. The van der Waals surface area contributed by atoms with E-state index in [1.807, 2.05) is 0 Å². The van der Waals surface area contributed by atoms with Crippen LogP contribution in [0.25, 0.3) is 0 Å². The number of amides is 2. The number of carbonyl (C=O) groups excluding carboxylic acids is 1. The van der Waals surface area contributed by atoms with Gasteiger partial charge in [-0.25, -0.2) is 13.6 Å². The molecule has 2 amide bonds. The van der Waals surface area contributed by atoms with Crippen molar-refractivity contribution in [3.05, 3.63) is 29.8 Å². The second kappa shape index (κ2) is 7.54. The fourth-order valence-electron chi connectivity index (χ4n) is 2.93. The van der Waals surface area contributed by atoms with Crippen molar-refractivity contribution in [1.29, 1.82) is 0 Å². The standard InChI is InChI=1S/C16H23F2N3O/c1-11-5-3-4-6-21(11)12(2)10-19-16(22)20-15-8-13(17)7-14(18)9-15/h7-9,11-12H,3-6,10H2,1-2H3,(H2,19,20,22)/t11-,12+/m0/s1. The monoisotopic (exact) mass is 311 g/mol. The molecule has 4 nitrogen and oxygen atoms in total. The van der Waals surface area contributed by atoms with E-state index in [1.165, 1.54) is 19.3 Å². The van der Waals surface area contributed by atoms with Crippen molar-refractivity contribution in [2.45, 2.75) is 45.2 Å². The molecule has 0 saturated carbocycles. The van der Waals surface area contributed by atoms with Crippen LogP contribution in [-0.2, 0) is 0 Å². The van der Waals surface area contributed by atoms with Gasteiger partial charge in [-0.2, -0.15) is 0 Å². The predicted molar refractivity (Wildman–Crippen MR) is 82.9 cm³/mol. The Hall–Kier alpha value is -1.69. The minimum absolute atomic E-state index is 0.106. The van der Waals surface area contributed by atoms with E-state index < -0.39 is 17.7 Å². The summed E-state index contributed by atoms with van der Waals surface area (Å²) < 4.78 is 26.1. The van der Waals surface area contributed by atoms with Crippen LogP contribution < -0.4 is 10.6 Å². The van der Waals surface area contributed by atoms with Crippen molar-refractivity contribution in [3.63, 3.8) is 0 Å². The van der Waals surface area contributed by atoms with Crippen molar-refractivity contribution in [2.75, 3.05) is 18.4 Å². The van der Waals surface area contributed by atoms with Gasteiger partial charge in [-0.3, -0.25) is 4.90 Å². The average molecular weight is 311 g/mol. The third-order valence-corrected chi connectivity index (χ3v) is 4.10. The molecule has 0 unspecified atom stereocenters. The van der Waals surface area contributed by atoms with Crippen molar-refractivity contribution in [3.8, 4) is 0 Å². The van der Waals surface area contributed by atoms with Crippen molar-refractivity contribution >= 4 is 11.7 Å². The first-order valence-corrected chi connectivity index (χ1v) is 7.72. The molecular weight excluding hydrogens is 288 g/mol. The van der Waals surface area contributed by atoms with E-state index in [0.29, 0.717) is 12.6 Å². The first-order valence-electron chi connectivity index (χ1n) is 7.72. The van der Waals surface area contributed by atoms with E-state index in [9.17, 15) is 13.6 Å². The molecule has 1 saturated heterocycles. The Balaban J connectivity index is 1.81. The smallest absolute Gasteiger partial charge is 0.319 e. The summed E-state index contributed by atoms with van der Waals surface area (Å²) in [5.74, 6) is -1.43. The van der Waals surface area contributed by atoms with Crippen LogP contribution in [0.1, 0.15) is 33.1 Å². The first-order chi connectivity index (χ1) is 10.5. The molecule has 1 fully saturated rings. The van der Waals surface area contributed by atoms with Crippen molar-refractivity contribution < 1.29 is 13.6 Å². The lowest BCUT2D eigenvalue weighted by Crippen LogP contribution is -2.49. The number of urea groups is 1. The van der Waals surface area contributed by atoms with Crippen LogP contribution in [0.5, 0.6) is 0 Å². The summed E-state index contributed by atoms with van der Waals surface area (Å²) >= 11 is 0. The van der Waals surface area contributed by atoms with Gasteiger partial charge < -0.3 is 10.6 Å². The number of halogens is 2. The third-order valence-electron chi connectivity index (χ3n) is 4.10. The maximum Gasteiger partial charge on any atom is 0.319 e. The SMILES string of the molecule is C[C@H](CNC(=O)Nc1cc(F)cc(F)c1)N1CCCC[C@@H]1C. The van der Waals surface area contributed by atoms with Crippen LogP contribution in [-0.4, -0.2) is 36.1 Å². The number of likely N-dealkylation sites (tertiary alicyclic amines) is 1. The van der Waals surface area contributed by atoms with Crippen LogP contribution in [0.3, 0.4) is 0 Å². The molecule has 1 heterocycles. The number of benzene rings is 1. The highest BCUT2D eigenvalue weighted by molar-refractivity contribution is 5.89. The molecule has 0 bridgehead atoms. The van der Waals surface area contributed by atoms with E-state index in [4.69, 9.17) is 0 Å². The number of rotatable bonds is 4. The quantitative estimate of drug-likeness (QED) is 0.895. The zero-order valence-electron chi connectivity index (χ0n) is 13.0. The summed E-state index contributed by atoms with van der Waals surface area (Å²) in [6, 6.07) is 3.22. The molecule has 2 atom stereocenters. The average Bonchev–Trinajstić information content (AvgIpc) is 2.44. The topological polar surface area (TPSA) is 44.4 Å². The Labute approximate surface area is 129 Å². The molecule has 6 heteroatoms. The fourth-order valence-corrected chi connectivity index (χ4v) is 2.93. The van der Waals surface area contributed by atoms with Gasteiger partial charge in [0.15, 0.2) is 0 Å². The largest absolute Gasteiger partial charge is 0.336 e. The third kappa shape index (κ3) is 4.66. The Morgan fingerprint density at radius 2 is 2.00 bits per heavy atom. The van der Waals surface area contributed by atoms with Gasteiger partial charge in [0.05, 0.1) is 0 Å². The van der Waals surface area contributed by atoms with Crippen LogP contribution >= 0.6 is 0 Å². The maximum atomic E-state index is 13.1. The van der Waals surface area contributed by atoms with E-state index in [1.54, 1.807) is 0 Å². The van der Waals surface area contributed by atoms with Crippen LogP contribution in [0.4, 0.5) is 19.3 Å². The molecule has 0 radical (unpaired) electrons. The van der Waals surface area contributed by atoms with E-state index in [0.717, 1.165) is 24.7 Å². The molecule has 2 N–H and O–H groups in total. The number of hydrogen-bond acceptors (Lipinski definition) is 2. The Bertz CT molecular complexity index is 504. The maximum absolute atomic E-state index is 13.1. The van der Waals surface area contributed by atoms with Gasteiger partial charge >= 0.3 is 6.03 Å². The van der Waals surface area contributed by atoms with Gasteiger partial charge in [-0.15, -0.1) is 0 Å². The van der Waals surface area contributed by atoms with E-state index in [2.05, 4.69) is 29.4 Å². The Morgan fingerprint density at radius 1 is 1.32 bits per heavy atom. The first kappa shape index (κ1) is 16.7. The molecule has 0 aromatic heterocycles. The lowest BCUT2D eigenvalue weighted by molar-refractivity contribution is 0.114. The van der Waals surface area contributed by atoms with Crippen LogP contribution in [0.15, 0.2) is 18.2 Å². The second-order valence-electron chi connectivity index (χ2n) is 5.92. The molecule has 1 aliphatic rings. The van der Waals surface area contributed by atoms with Gasteiger partial charge in [-0.1, -0.05) is 6.42 Å². The number of nitrogens with zero attached hydrogens (tertiary/aromatic N) is 1. The van der Waals surface area contributed by atoms with Crippen molar-refractivity contribution in [2.24, 2.45) is 0 Å². The lowest BCUT2D eigenvalue weighted by Gasteiger charge is -2.38. The number of nitrogens with one attached hydrogen (secondary N) is 2. The number of hydrogen-bond donors (Lipinski definition) is 2. The minimum Gasteiger partial charge on any atom is -0.336 e. The highest BCUT2D eigenvalue weighted by Gasteiger charge is 2.23. The fraction of sp³-hybridized carbons (Fsp3) is 0.562. The molecule has 1 aromatic carbocycles. The van der Waals surface area contributed by atoms with Gasteiger partial charge in [-0.05, 0) is 45.4 Å². The molecule has 0 spiro atoms. The number of carbonyl (C=O) groups is 1. The zero-order valence-corrected chi connectivity index (χ0v) is 13.0. The van der Waals surface area contributed by atoms with E-state index in [-0.39, 0.29) is 11.7 Å². The van der Waals surface area contributed by atoms with Gasteiger partial charge in [0, 0.05) is 30.4 Å². The van der Waals surface area contributed by atoms with Crippen molar-refractivity contribution in [1.82, 2.24) is 10.2 Å². The minimum atomic E-state index is -0.717. The molecular formula is C16H23F2N3O. The predicted octanol–water partition coefficient (Wildman–Crippen LogP) is 3.35. The summed E-state index contributed by atoms with van der Waals surface area (Å²) in [5, 5.41) is 5.20. The van der Waals surface area contributed by atoms with Gasteiger partial charge in [0.1, 0.15) is 11.6 Å². The highest BCUT2D eigenvalue weighted by Crippen LogP contribution is 2.18.